The van der Waals surface area contributed by atoms with E-state index in [9.17, 15) is 0 Å². The third-order valence-corrected chi connectivity index (χ3v) is 8.60. The summed E-state index contributed by atoms with van der Waals surface area (Å²) in [6.07, 6.45) is 7.99. The summed E-state index contributed by atoms with van der Waals surface area (Å²) in [4.78, 5) is 14.8. The Morgan fingerprint density at radius 1 is 0.921 bits per heavy atom. The van der Waals surface area contributed by atoms with Gasteiger partial charge in [0, 0.05) is 51.5 Å². The molecule has 0 saturated heterocycles. The molecule has 5 aromatic rings. The molecule has 0 amide bonds. The lowest BCUT2D eigenvalue weighted by molar-refractivity contribution is 0.172. The van der Waals surface area contributed by atoms with Gasteiger partial charge in [-0.1, -0.05) is 61.5 Å². The van der Waals surface area contributed by atoms with Gasteiger partial charge in [0.15, 0.2) is 5.82 Å². The fourth-order valence-corrected chi connectivity index (χ4v) is 6.79. The van der Waals surface area contributed by atoms with Crippen molar-refractivity contribution in [2.24, 2.45) is 5.92 Å². The normalized spacial score (nSPS) is 21.9. The number of pyridine rings is 1. The Balaban J connectivity index is 1.50. The predicted molar refractivity (Wildman–Crippen MR) is 144 cm³/mol. The largest absolute Gasteiger partial charge is 0.361 e. The van der Waals surface area contributed by atoms with Gasteiger partial charge >= 0.3 is 0 Å². The average Bonchev–Trinajstić information content (AvgIpc) is 3.42. The van der Waals surface area contributed by atoms with Gasteiger partial charge in [0.2, 0.25) is 0 Å². The summed E-state index contributed by atoms with van der Waals surface area (Å²) in [7, 11) is 0. The predicted octanol–water partition coefficient (Wildman–Crippen LogP) is 7.18. The summed E-state index contributed by atoms with van der Waals surface area (Å²) < 4.78 is 21.0. The van der Waals surface area contributed by atoms with E-state index in [-0.39, 0.29) is 17.2 Å². The van der Waals surface area contributed by atoms with Gasteiger partial charge in [-0.05, 0) is 48.9 Å². The minimum absolute atomic E-state index is 0.218. The lowest BCUT2D eigenvalue weighted by Crippen LogP contribution is -2.45. The molecule has 0 unspecified atom stereocenters. The molecule has 0 fully saturated rings. The highest BCUT2D eigenvalue weighted by Gasteiger charge is 2.50. The summed E-state index contributed by atoms with van der Waals surface area (Å²) in [5.41, 5.74) is 6.98. The first-order valence-electron chi connectivity index (χ1n) is 13.1. The van der Waals surface area contributed by atoms with Crippen molar-refractivity contribution in [1.82, 2.24) is 20.1 Å². The van der Waals surface area contributed by atoms with Crippen LogP contribution in [0, 0.1) is 11.7 Å². The van der Waals surface area contributed by atoms with Gasteiger partial charge in [-0.3, -0.25) is 4.98 Å². The van der Waals surface area contributed by atoms with Crippen molar-refractivity contribution in [2.75, 3.05) is 0 Å². The third kappa shape index (κ3) is 3.43. The Labute approximate surface area is 220 Å². The number of rotatable bonds is 3. The SMILES string of the molecule is C[C@H]1c2oncc2C[C@@]2(C)c3nc(-c4ccncc4-c4ccccc4)nc(-c4ccccc4F)c3CC[C@H]12. The second-order valence-corrected chi connectivity index (χ2v) is 10.7. The maximum atomic E-state index is 15.3. The van der Waals surface area contributed by atoms with Gasteiger partial charge in [-0.15, -0.1) is 0 Å². The van der Waals surface area contributed by atoms with E-state index < -0.39 is 0 Å². The van der Waals surface area contributed by atoms with Crippen molar-refractivity contribution in [3.63, 3.8) is 0 Å². The molecule has 38 heavy (non-hydrogen) atoms. The van der Waals surface area contributed by atoms with E-state index in [0.29, 0.717) is 23.0 Å². The molecule has 6 heteroatoms. The van der Waals surface area contributed by atoms with Gasteiger partial charge in [0.1, 0.15) is 11.6 Å². The quantitative estimate of drug-likeness (QED) is 0.261. The maximum absolute atomic E-state index is 15.3. The molecule has 0 N–H and O–H groups in total. The fraction of sp³-hybridized carbons (Fsp3) is 0.250. The Morgan fingerprint density at radius 3 is 2.58 bits per heavy atom. The van der Waals surface area contributed by atoms with Gasteiger partial charge in [-0.2, -0.15) is 0 Å². The molecule has 0 bridgehead atoms. The van der Waals surface area contributed by atoms with Crippen LogP contribution in [0.1, 0.15) is 48.8 Å². The van der Waals surface area contributed by atoms with E-state index in [0.717, 1.165) is 58.5 Å². The number of hydrogen-bond acceptors (Lipinski definition) is 5. The van der Waals surface area contributed by atoms with E-state index in [2.05, 4.69) is 36.1 Å². The number of benzene rings is 2. The number of halogens is 1. The van der Waals surface area contributed by atoms with Crippen LogP contribution in [0.4, 0.5) is 4.39 Å². The topological polar surface area (TPSA) is 64.7 Å². The summed E-state index contributed by atoms with van der Waals surface area (Å²) in [5, 5.41) is 4.12. The fourth-order valence-electron chi connectivity index (χ4n) is 6.79. The smallest absolute Gasteiger partial charge is 0.160 e. The van der Waals surface area contributed by atoms with Crippen molar-refractivity contribution in [3.8, 4) is 33.8 Å². The average molecular weight is 503 g/mol. The van der Waals surface area contributed by atoms with Crippen LogP contribution >= 0.6 is 0 Å². The van der Waals surface area contributed by atoms with Crippen LogP contribution in [0.3, 0.4) is 0 Å². The number of hydrogen-bond donors (Lipinski definition) is 0. The van der Waals surface area contributed by atoms with Crippen LogP contribution < -0.4 is 0 Å². The minimum Gasteiger partial charge on any atom is -0.361 e. The molecule has 2 aliphatic carbocycles. The third-order valence-electron chi connectivity index (χ3n) is 8.60. The lowest BCUT2D eigenvalue weighted by Gasteiger charge is -2.47. The first-order valence-corrected chi connectivity index (χ1v) is 13.1. The summed E-state index contributed by atoms with van der Waals surface area (Å²) in [6, 6.07) is 19.0. The molecule has 3 atom stereocenters. The van der Waals surface area contributed by atoms with Crippen LogP contribution in [-0.4, -0.2) is 20.1 Å². The highest BCUT2D eigenvalue weighted by Crippen LogP contribution is 2.54. The van der Waals surface area contributed by atoms with Gasteiger partial charge in [0.05, 0.1) is 17.6 Å². The summed E-state index contributed by atoms with van der Waals surface area (Å²) in [6.45, 7) is 4.53. The van der Waals surface area contributed by atoms with Crippen molar-refractivity contribution in [3.05, 3.63) is 108 Å². The Kier molecular flexibility index (Phi) is 5.25. The number of fused-ring (bicyclic) bond motifs is 4. The number of aromatic nitrogens is 4. The highest BCUT2D eigenvalue weighted by atomic mass is 19.1. The molecule has 0 saturated carbocycles. The van der Waals surface area contributed by atoms with E-state index in [1.165, 1.54) is 6.07 Å². The molecular weight excluding hydrogens is 475 g/mol. The maximum Gasteiger partial charge on any atom is 0.160 e. The van der Waals surface area contributed by atoms with Gasteiger partial charge < -0.3 is 4.52 Å². The molecule has 188 valence electrons. The zero-order valence-electron chi connectivity index (χ0n) is 21.4. The van der Waals surface area contributed by atoms with Crippen molar-refractivity contribution in [2.45, 2.75) is 44.4 Å². The molecule has 2 aliphatic rings. The van der Waals surface area contributed by atoms with E-state index >= 15 is 4.39 Å². The first-order chi connectivity index (χ1) is 18.5. The standard InChI is InChI=1S/C32H27FN4O/c1-19-26-13-12-24-28(23-10-6-7-11-27(23)33)36-31(22-14-15-34-18-25(22)20-8-4-3-5-9-20)37-30(24)32(26,2)16-21-17-35-38-29(19)21/h3-11,14-15,17-19,26H,12-13,16H2,1-2H3/t19-,26-,32-/m1/s1. The molecule has 0 spiro atoms. The molecule has 5 nitrogen and oxygen atoms in total. The van der Waals surface area contributed by atoms with Crippen LogP contribution in [0.15, 0.2) is 83.8 Å². The van der Waals surface area contributed by atoms with Gasteiger partial charge in [0.25, 0.3) is 0 Å². The monoisotopic (exact) mass is 502 g/mol. The van der Waals surface area contributed by atoms with E-state index in [4.69, 9.17) is 14.5 Å². The second kappa shape index (κ2) is 8.69. The molecule has 0 radical (unpaired) electrons. The zero-order valence-corrected chi connectivity index (χ0v) is 21.4. The van der Waals surface area contributed by atoms with Gasteiger partial charge in [-0.25, -0.2) is 14.4 Å². The second-order valence-electron chi connectivity index (χ2n) is 10.7. The Bertz CT molecular complexity index is 1660. The van der Waals surface area contributed by atoms with Crippen LogP contribution in [0.2, 0.25) is 0 Å². The molecule has 0 aliphatic heterocycles. The molecule has 7 rings (SSSR count). The van der Waals surface area contributed by atoms with E-state index in [1.54, 1.807) is 12.3 Å². The summed E-state index contributed by atoms with van der Waals surface area (Å²) in [5.74, 6) is 1.85. The zero-order chi connectivity index (χ0) is 25.9. The Morgan fingerprint density at radius 2 is 1.74 bits per heavy atom. The Hall–Kier alpha value is -4.19. The van der Waals surface area contributed by atoms with Crippen molar-refractivity contribution < 1.29 is 8.91 Å². The molecule has 2 aromatic carbocycles. The molecule has 3 heterocycles. The van der Waals surface area contributed by atoms with Crippen LogP contribution in [-0.2, 0) is 18.3 Å². The molecular formula is C32H27FN4O. The first kappa shape index (κ1) is 23.0. The number of nitrogens with zero attached hydrogens (tertiary/aromatic N) is 4. The van der Waals surface area contributed by atoms with Crippen LogP contribution in [0.5, 0.6) is 0 Å². The van der Waals surface area contributed by atoms with E-state index in [1.807, 2.05) is 48.8 Å². The minimum atomic E-state index is -0.275. The molecule has 3 aromatic heterocycles. The van der Waals surface area contributed by atoms with Crippen molar-refractivity contribution in [1.29, 1.82) is 0 Å². The van der Waals surface area contributed by atoms with Crippen LogP contribution in [0.25, 0.3) is 33.8 Å². The highest BCUT2D eigenvalue weighted by molar-refractivity contribution is 5.81. The van der Waals surface area contributed by atoms with Crippen molar-refractivity contribution >= 4 is 0 Å². The lowest BCUT2D eigenvalue weighted by atomic mass is 9.56. The summed E-state index contributed by atoms with van der Waals surface area (Å²) >= 11 is 0.